The maximum atomic E-state index is 13.7. The number of hydrogen-bond acceptors (Lipinski definition) is 3. The van der Waals surface area contributed by atoms with Gasteiger partial charge < -0.3 is 4.90 Å². The zero-order valence-electron chi connectivity index (χ0n) is 13.6. The molecule has 0 spiro atoms. The van der Waals surface area contributed by atoms with Crippen molar-refractivity contribution in [2.24, 2.45) is 0 Å². The zero-order valence-corrected chi connectivity index (χ0v) is 14.4. The summed E-state index contributed by atoms with van der Waals surface area (Å²) in [4.78, 5) is 13.3. The summed E-state index contributed by atoms with van der Waals surface area (Å²) in [6, 6.07) is 6.80. The Morgan fingerprint density at radius 1 is 1.20 bits per heavy atom. The van der Waals surface area contributed by atoms with Gasteiger partial charge in [-0.05, 0) is 49.2 Å². The number of anilines is 2. The van der Waals surface area contributed by atoms with Crippen molar-refractivity contribution in [3.8, 4) is 0 Å². The molecule has 2 aromatic carbocycles. The third-order valence-electron chi connectivity index (χ3n) is 4.09. The van der Waals surface area contributed by atoms with Crippen LogP contribution in [0.4, 0.5) is 20.2 Å². The Bertz CT molecular complexity index is 960. The molecule has 0 aromatic heterocycles. The van der Waals surface area contributed by atoms with Gasteiger partial charge >= 0.3 is 0 Å². The van der Waals surface area contributed by atoms with Crippen molar-refractivity contribution >= 4 is 27.3 Å². The molecule has 1 aliphatic rings. The Labute approximate surface area is 144 Å². The van der Waals surface area contributed by atoms with E-state index in [1.54, 1.807) is 11.0 Å². The lowest BCUT2D eigenvalue weighted by Crippen LogP contribution is -2.33. The number of nitrogens with one attached hydrogen (secondary N) is 1. The number of carbonyl (C=O) groups excluding carboxylic acids is 1. The van der Waals surface area contributed by atoms with Crippen molar-refractivity contribution in [1.29, 1.82) is 0 Å². The Morgan fingerprint density at radius 3 is 2.60 bits per heavy atom. The van der Waals surface area contributed by atoms with Crippen molar-refractivity contribution in [3.05, 3.63) is 53.6 Å². The normalized spacial score (nSPS) is 16.6. The van der Waals surface area contributed by atoms with E-state index in [4.69, 9.17) is 0 Å². The molecule has 5 nitrogen and oxygen atoms in total. The van der Waals surface area contributed by atoms with Crippen LogP contribution in [0.25, 0.3) is 0 Å². The van der Waals surface area contributed by atoms with Crippen molar-refractivity contribution in [2.45, 2.75) is 31.2 Å². The molecule has 0 radical (unpaired) electrons. The van der Waals surface area contributed by atoms with E-state index in [-0.39, 0.29) is 16.8 Å². The van der Waals surface area contributed by atoms with Gasteiger partial charge in [0.2, 0.25) is 5.91 Å². The lowest BCUT2D eigenvalue weighted by atomic mass is 10.1. The fourth-order valence-electron chi connectivity index (χ4n) is 3.03. The van der Waals surface area contributed by atoms with Gasteiger partial charge in [0.15, 0.2) is 0 Å². The monoisotopic (exact) mass is 366 g/mol. The second-order valence-corrected chi connectivity index (χ2v) is 7.64. The highest BCUT2D eigenvalue weighted by atomic mass is 32.2. The summed E-state index contributed by atoms with van der Waals surface area (Å²) in [5.41, 5.74) is 0.917. The number of hydrogen-bond donors (Lipinski definition) is 1. The van der Waals surface area contributed by atoms with Crippen LogP contribution in [0.15, 0.2) is 41.3 Å². The molecule has 3 rings (SSSR count). The maximum absolute atomic E-state index is 13.7. The van der Waals surface area contributed by atoms with Crippen LogP contribution >= 0.6 is 0 Å². The second kappa shape index (κ2) is 6.11. The molecule has 1 unspecified atom stereocenters. The fourth-order valence-corrected chi connectivity index (χ4v) is 4.14. The first-order valence-electron chi connectivity index (χ1n) is 7.59. The van der Waals surface area contributed by atoms with Crippen LogP contribution in [0.2, 0.25) is 0 Å². The van der Waals surface area contributed by atoms with Crippen molar-refractivity contribution in [3.63, 3.8) is 0 Å². The highest BCUT2D eigenvalue weighted by molar-refractivity contribution is 7.92. The van der Waals surface area contributed by atoms with E-state index >= 15 is 0 Å². The van der Waals surface area contributed by atoms with Gasteiger partial charge in [-0.3, -0.25) is 9.52 Å². The summed E-state index contributed by atoms with van der Waals surface area (Å²) in [5.74, 6) is -1.75. The lowest BCUT2D eigenvalue weighted by molar-refractivity contribution is -0.116. The highest BCUT2D eigenvalue weighted by Crippen LogP contribution is 2.34. The van der Waals surface area contributed by atoms with Crippen LogP contribution in [0.3, 0.4) is 0 Å². The van der Waals surface area contributed by atoms with Crippen LogP contribution in [0.1, 0.15) is 19.4 Å². The van der Waals surface area contributed by atoms with Crippen LogP contribution < -0.4 is 9.62 Å². The van der Waals surface area contributed by atoms with Crippen molar-refractivity contribution in [2.75, 3.05) is 9.62 Å². The summed E-state index contributed by atoms with van der Waals surface area (Å²) in [6.45, 7) is 3.32. The molecule has 1 atom stereocenters. The summed E-state index contributed by atoms with van der Waals surface area (Å²) in [7, 11) is -4.09. The lowest BCUT2D eigenvalue weighted by Gasteiger charge is -2.20. The molecule has 1 amide bonds. The SMILES string of the molecule is CC(=O)N1c2ccc(S(=O)(=O)Nc3cc(F)ccc3F)cc2CC1C. The molecule has 0 saturated heterocycles. The standard InChI is InChI=1S/C17H16F2N2O3S/c1-10-7-12-8-14(4-6-17(12)21(10)11(2)22)25(23,24)20-16-9-13(18)3-5-15(16)19/h3-6,8-10,20H,7H2,1-2H3. The molecule has 8 heteroatoms. The predicted molar refractivity (Wildman–Crippen MR) is 89.9 cm³/mol. The molecule has 0 fully saturated rings. The molecule has 132 valence electrons. The third kappa shape index (κ3) is 3.21. The molecular weight excluding hydrogens is 350 g/mol. The van der Waals surface area contributed by atoms with E-state index in [0.29, 0.717) is 17.7 Å². The van der Waals surface area contributed by atoms with E-state index in [2.05, 4.69) is 4.72 Å². The number of amides is 1. The van der Waals surface area contributed by atoms with Crippen LogP contribution in [0.5, 0.6) is 0 Å². The number of sulfonamides is 1. The number of benzene rings is 2. The Balaban J connectivity index is 1.96. The van der Waals surface area contributed by atoms with E-state index in [0.717, 1.165) is 18.2 Å². The van der Waals surface area contributed by atoms with E-state index in [1.807, 2.05) is 6.92 Å². The summed E-state index contributed by atoms with van der Waals surface area (Å²) >= 11 is 0. The van der Waals surface area contributed by atoms with Gasteiger partial charge in [0, 0.05) is 24.7 Å². The van der Waals surface area contributed by atoms with Gasteiger partial charge in [-0.1, -0.05) is 0 Å². The minimum Gasteiger partial charge on any atom is -0.309 e. The number of fused-ring (bicyclic) bond motifs is 1. The molecule has 2 aromatic rings. The van der Waals surface area contributed by atoms with Crippen LogP contribution in [0, 0.1) is 11.6 Å². The first kappa shape index (κ1) is 17.3. The van der Waals surface area contributed by atoms with Gasteiger partial charge in [-0.2, -0.15) is 0 Å². The van der Waals surface area contributed by atoms with E-state index in [1.165, 1.54) is 19.1 Å². The summed E-state index contributed by atoms with van der Waals surface area (Å²) < 4.78 is 53.9. The van der Waals surface area contributed by atoms with Crippen LogP contribution in [-0.2, 0) is 21.2 Å². The highest BCUT2D eigenvalue weighted by Gasteiger charge is 2.30. The molecule has 0 bridgehead atoms. The Morgan fingerprint density at radius 2 is 1.92 bits per heavy atom. The number of halogens is 2. The molecule has 1 aliphatic heterocycles. The smallest absolute Gasteiger partial charge is 0.261 e. The molecule has 1 N–H and O–H groups in total. The molecule has 0 saturated carbocycles. The van der Waals surface area contributed by atoms with E-state index in [9.17, 15) is 22.0 Å². The number of carbonyl (C=O) groups is 1. The van der Waals surface area contributed by atoms with Gasteiger partial charge in [0.25, 0.3) is 10.0 Å². The Hall–Kier alpha value is -2.48. The van der Waals surface area contributed by atoms with Crippen LogP contribution in [-0.4, -0.2) is 20.4 Å². The largest absolute Gasteiger partial charge is 0.309 e. The van der Waals surface area contributed by atoms with Gasteiger partial charge in [0.1, 0.15) is 11.6 Å². The second-order valence-electron chi connectivity index (χ2n) is 5.96. The van der Waals surface area contributed by atoms with Gasteiger partial charge in [-0.25, -0.2) is 17.2 Å². The topological polar surface area (TPSA) is 66.5 Å². The van der Waals surface area contributed by atoms with E-state index < -0.39 is 27.3 Å². The first-order chi connectivity index (χ1) is 11.7. The van der Waals surface area contributed by atoms with Gasteiger partial charge in [0.05, 0.1) is 10.6 Å². The molecule has 25 heavy (non-hydrogen) atoms. The zero-order chi connectivity index (χ0) is 18.4. The number of rotatable bonds is 3. The molecule has 1 heterocycles. The Kier molecular flexibility index (Phi) is 4.24. The first-order valence-corrected chi connectivity index (χ1v) is 9.08. The summed E-state index contributed by atoms with van der Waals surface area (Å²) in [6.07, 6.45) is 0.520. The summed E-state index contributed by atoms with van der Waals surface area (Å²) in [5, 5.41) is 0. The quantitative estimate of drug-likeness (QED) is 0.908. The average molecular weight is 366 g/mol. The maximum Gasteiger partial charge on any atom is 0.261 e. The predicted octanol–water partition coefficient (Wildman–Crippen LogP) is 3.06. The molecular formula is C17H16F2N2O3S. The minimum atomic E-state index is -4.09. The minimum absolute atomic E-state index is 0.0703. The molecule has 0 aliphatic carbocycles. The number of nitrogens with zero attached hydrogens (tertiary/aromatic N) is 1. The third-order valence-corrected chi connectivity index (χ3v) is 5.45. The van der Waals surface area contributed by atoms with Crippen molar-refractivity contribution in [1.82, 2.24) is 0 Å². The van der Waals surface area contributed by atoms with Crippen molar-refractivity contribution < 1.29 is 22.0 Å². The average Bonchev–Trinajstić information content (AvgIpc) is 2.85. The fraction of sp³-hybridized carbons (Fsp3) is 0.235. The van der Waals surface area contributed by atoms with Gasteiger partial charge in [-0.15, -0.1) is 0 Å².